The molecule has 40 heavy (non-hydrogen) atoms. The lowest BCUT2D eigenvalue weighted by Gasteiger charge is -2.30. The van der Waals surface area contributed by atoms with Gasteiger partial charge in [-0.05, 0) is 50.4 Å². The third-order valence-electron chi connectivity index (χ3n) is 5.89. The molecule has 0 radical (unpaired) electrons. The molecule has 10 nitrogen and oxygen atoms in total. The highest BCUT2D eigenvalue weighted by Gasteiger charge is 2.29. The summed E-state index contributed by atoms with van der Waals surface area (Å²) in [4.78, 5) is 18.6. The molecule has 0 unspecified atom stereocenters. The molecule has 0 fully saturated rings. The van der Waals surface area contributed by atoms with E-state index < -0.39 is 31.9 Å². The van der Waals surface area contributed by atoms with Gasteiger partial charge in [-0.1, -0.05) is 48.0 Å². The normalized spacial score (nSPS) is 13.4. The van der Waals surface area contributed by atoms with Crippen LogP contribution in [0.15, 0.2) is 54.7 Å². The number of aliphatic hydroxyl groups excluding tert-OH is 1. The van der Waals surface area contributed by atoms with Crippen LogP contribution in [-0.4, -0.2) is 66.7 Å². The Hall–Kier alpha value is -2.63. The van der Waals surface area contributed by atoms with Crippen LogP contribution in [0, 0.1) is 5.82 Å². The van der Waals surface area contributed by atoms with Crippen molar-refractivity contribution in [1.29, 1.82) is 0 Å². The van der Waals surface area contributed by atoms with Crippen molar-refractivity contribution in [1.82, 2.24) is 9.88 Å². The summed E-state index contributed by atoms with van der Waals surface area (Å²) in [5.74, 6) is -0.241. The van der Waals surface area contributed by atoms with Gasteiger partial charge in [0, 0.05) is 24.2 Å². The zero-order chi connectivity index (χ0) is 29.1. The zero-order valence-corrected chi connectivity index (χ0v) is 24.2. The zero-order valence-electron chi connectivity index (χ0n) is 22.6. The second kappa shape index (κ2) is 15.4. The van der Waals surface area contributed by atoms with Crippen LogP contribution in [0.4, 0.5) is 15.0 Å². The Bertz CT molecular complexity index is 1310. The van der Waals surface area contributed by atoms with E-state index in [9.17, 15) is 18.9 Å². The van der Waals surface area contributed by atoms with Crippen molar-refractivity contribution >= 4 is 42.1 Å². The molecule has 2 N–H and O–H groups in total. The molecule has 1 heterocycles. The average molecular weight is 598 g/mol. The van der Waals surface area contributed by atoms with Gasteiger partial charge in [-0.25, -0.2) is 18.7 Å². The van der Waals surface area contributed by atoms with Crippen LogP contribution >= 0.6 is 19.4 Å². The van der Waals surface area contributed by atoms with Crippen molar-refractivity contribution < 1.29 is 37.2 Å². The maximum atomic E-state index is 14.0. The molecule has 1 aromatic heterocycles. The number of aliphatic hydroxyl groups is 1. The Morgan fingerprint density at radius 2 is 1.80 bits per heavy atom. The number of likely N-dealkylation sites (N-methyl/N-ethyl adjacent to an activating group) is 1. The van der Waals surface area contributed by atoms with Gasteiger partial charge in [-0.15, -0.1) is 0 Å². The quantitative estimate of drug-likeness (QED) is 0.202. The molecule has 1 amide bonds. The Labute approximate surface area is 238 Å². The van der Waals surface area contributed by atoms with E-state index in [0.29, 0.717) is 11.4 Å². The number of carbonyl (C=O) groups excluding carboxylic acids is 1. The number of pyridine rings is 1. The fourth-order valence-electron chi connectivity index (χ4n) is 3.90. The van der Waals surface area contributed by atoms with Crippen LogP contribution in [-0.2, 0) is 29.4 Å². The summed E-state index contributed by atoms with van der Waals surface area (Å²) in [7, 11) is -2.11. The molecule has 0 aliphatic heterocycles. The highest BCUT2D eigenvalue weighted by molar-refractivity contribution is 7.48. The van der Waals surface area contributed by atoms with E-state index in [0.717, 1.165) is 10.8 Å². The van der Waals surface area contributed by atoms with E-state index in [1.54, 1.807) is 50.2 Å². The number of benzene rings is 2. The molecule has 0 saturated carbocycles. The number of amides is 1. The van der Waals surface area contributed by atoms with Gasteiger partial charge in [0.05, 0.1) is 30.9 Å². The number of halogens is 2. The summed E-state index contributed by atoms with van der Waals surface area (Å²) in [6.07, 6.45) is -0.182. The van der Waals surface area contributed by atoms with Gasteiger partial charge < -0.3 is 9.84 Å². The Kier molecular flexibility index (Phi) is 12.3. The van der Waals surface area contributed by atoms with E-state index in [1.807, 2.05) is 24.3 Å². The Morgan fingerprint density at radius 1 is 1.10 bits per heavy atom. The first-order valence-corrected chi connectivity index (χ1v) is 14.6. The number of carbonyl (C=O) groups is 1. The molecular formula is C27H34ClFN3O7P. The third kappa shape index (κ3) is 9.49. The van der Waals surface area contributed by atoms with Crippen molar-refractivity contribution in [2.75, 3.05) is 38.8 Å². The van der Waals surface area contributed by atoms with Crippen LogP contribution in [0.3, 0.4) is 0 Å². The number of phosphoric acid groups is 1. The number of fused-ring (bicyclic) bond motifs is 1. The highest BCUT2D eigenvalue weighted by Crippen LogP contribution is 2.49. The maximum absolute atomic E-state index is 14.0. The number of nitrogens with zero attached hydrogens (tertiary/aromatic N) is 2. The number of hydrogen-bond donors (Lipinski definition) is 2. The van der Waals surface area contributed by atoms with Gasteiger partial charge in [0.1, 0.15) is 18.2 Å². The monoisotopic (exact) mass is 597 g/mol. The third-order valence-corrected chi connectivity index (χ3v) is 7.92. The van der Waals surface area contributed by atoms with Gasteiger partial charge >= 0.3 is 13.9 Å². The number of ether oxygens (including phenoxy) is 1. The fraction of sp³-hybridized carbons (Fsp3) is 0.407. The van der Waals surface area contributed by atoms with Crippen LogP contribution < -0.4 is 5.32 Å². The molecule has 2 aromatic carbocycles. The molecule has 3 rings (SSSR count). The smallest absolute Gasteiger partial charge is 0.448 e. The van der Waals surface area contributed by atoms with E-state index >= 15 is 0 Å². The molecule has 0 saturated heterocycles. The van der Waals surface area contributed by atoms with Gasteiger partial charge in [0.25, 0.3) is 0 Å². The van der Waals surface area contributed by atoms with E-state index in [2.05, 4.69) is 10.3 Å². The lowest BCUT2D eigenvalue weighted by Crippen LogP contribution is -2.40. The first-order chi connectivity index (χ1) is 19.1. The summed E-state index contributed by atoms with van der Waals surface area (Å²) in [6, 6.07) is 13.2. The first-order valence-electron chi connectivity index (χ1n) is 12.8. The number of nitrogens with one attached hydrogen (secondary N) is 1. The van der Waals surface area contributed by atoms with Crippen LogP contribution in [0.5, 0.6) is 0 Å². The minimum atomic E-state index is -3.83. The topological polar surface area (TPSA) is 119 Å². The standard InChI is InChI=1S/C27H34ClFN3O7P/c1-4-37-40(35,38-5-2)39-18-23(33)14-22(32(3)16-21-11-8-12-24(29)26(21)28)17-36-27(34)31-25-13-19-9-6-7-10-20(19)15-30-25/h6-13,15,22-23,33H,4-5,14,16-18H2,1-3H3,(H,30,31,34)/t22-,23+/m0/s1. The summed E-state index contributed by atoms with van der Waals surface area (Å²) >= 11 is 6.13. The molecular weight excluding hydrogens is 564 g/mol. The molecule has 2 atom stereocenters. The molecule has 0 aliphatic rings. The van der Waals surface area contributed by atoms with Crippen molar-refractivity contribution in [2.24, 2.45) is 0 Å². The van der Waals surface area contributed by atoms with E-state index in [-0.39, 0.29) is 44.4 Å². The van der Waals surface area contributed by atoms with Crippen LogP contribution in [0.25, 0.3) is 10.8 Å². The fourth-order valence-corrected chi connectivity index (χ4v) is 5.29. The van der Waals surface area contributed by atoms with Gasteiger partial charge in [-0.2, -0.15) is 0 Å². The molecule has 0 spiro atoms. The SMILES string of the molecule is CCOP(=O)(OCC)OC[C@H](O)C[C@@H](COC(=O)Nc1cc2ccccc2cn1)N(C)Cc1cccc(F)c1Cl. The predicted octanol–water partition coefficient (Wildman–Crippen LogP) is 6.03. The number of hydrogen-bond acceptors (Lipinski definition) is 9. The maximum Gasteiger partial charge on any atom is 0.474 e. The number of rotatable bonds is 15. The van der Waals surface area contributed by atoms with Crippen molar-refractivity contribution in [2.45, 2.75) is 39.0 Å². The molecule has 13 heteroatoms. The number of anilines is 1. The van der Waals surface area contributed by atoms with E-state index in [1.165, 1.54) is 6.07 Å². The largest absolute Gasteiger partial charge is 0.474 e. The summed E-state index contributed by atoms with van der Waals surface area (Å²) in [5.41, 5.74) is 0.516. The van der Waals surface area contributed by atoms with Gasteiger partial charge in [0.15, 0.2) is 0 Å². The lowest BCUT2D eigenvalue weighted by molar-refractivity contribution is 0.0283. The van der Waals surface area contributed by atoms with Crippen molar-refractivity contribution in [3.63, 3.8) is 0 Å². The highest BCUT2D eigenvalue weighted by atomic mass is 35.5. The van der Waals surface area contributed by atoms with E-state index in [4.69, 9.17) is 29.9 Å². The Morgan fingerprint density at radius 3 is 2.50 bits per heavy atom. The molecule has 0 aliphatic carbocycles. The van der Waals surface area contributed by atoms with Gasteiger partial charge in [-0.3, -0.25) is 23.8 Å². The first kappa shape index (κ1) is 31.9. The minimum absolute atomic E-state index is 0.0209. The predicted molar refractivity (Wildman–Crippen MR) is 151 cm³/mol. The summed E-state index contributed by atoms with van der Waals surface area (Å²) in [5, 5.41) is 15.1. The van der Waals surface area contributed by atoms with Crippen LogP contribution in [0.2, 0.25) is 5.02 Å². The number of phosphoric ester groups is 1. The summed E-state index contributed by atoms with van der Waals surface area (Å²) < 4.78 is 47.5. The van der Waals surface area contributed by atoms with Gasteiger partial charge in [0.2, 0.25) is 0 Å². The molecule has 3 aromatic rings. The molecule has 0 bridgehead atoms. The minimum Gasteiger partial charge on any atom is -0.448 e. The average Bonchev–Trinajstić information content (AvgIpc) is 2.92. The lowest BCUT2D eigenvalue weighted by atomic mass is 10.1. The van der Waals surface area contributed by atoms with Crippen LogP contribution in [0.1, 0.15) is 25.8 Å². The summed E-state index contributed by atoms with van der Waals surface area (Å²) in [6.45, 7) is 3.18. The number of aromatic nitrogens is 1. The molecule has 218 valence electrons. The Balaban J connectivity index is 1.67. The second-order valence-corrected chi connectivity index (χ2v) is 10.9. The second-order valence-electron chi connectivity index (χ2n) is 8.89. The van der Waals surface area contributed by atoms with Crippen molar-refractivity contribution in [3.8, 4) is 0 Å². The van der Waals surface area contributed by atoms with Crippen molar-refractivity contribution in [3.05, 3.63) is 71.1 Å².